The van der Waals surface area contributed by atoms with E-state index >= 15 is 0 Å². The molecule has 0 atom stereocenters. The quantitative estimate of drug-likeness (QED) is 0.519. The molecule has 0 saturated heterocycles. The molecule has 0 bridgehead atoms. The first-order valence-electron chi connectivity index (χ1n) is 6.03. The van der Waals surface area contributed by atoms with Crippen LogP contribution in [-0.4, -0.2) is 17.0 Å². The fourth-order valence-corrected chi connectivity index (χ4v) is 1.26. The highest BCUT2D eigenvalue weighted by Gasteiger charge is 2.28. The molecule has 0 aliphatic heterocycles. The van der Waals surface area contributed by atoms with Crippen LogP contribution in [0.4, 0.5) is 0 Å². The molecule has 1 aromatic rings. The molecule has 1 N–H and O–H groups in total. The summed E-state index contributed by atoms with van der Waals surface area (Å²) in [5, 5.41) is 9.53. The number of carbonyl (C=O) groups excluding carboxylic acids is 2. The van der Waals surface area contributed by atoms with Crippen molar-refractivity contribution in [3.8, 4) is 24.0 Å². The van der Waals surface area contributed by atoms with E-state index in [4.69, 9.17) is 11.2 Å². The van der Waals surface area contributed by atoms with Crippen LogP contribution in [0, 0.1) is 17.9 Å². The SMILES string of the molecule is C#COC(=O)c1cc(O)cc(OC(=O)C(C)(C)CC)c1. The summed E-state index contributed by atoms with van der Waals surface area (Å²) in [5.41, 5.74) is -0.662. The molecule has 0 fully saturated rings. The lowest BCUT2D eigenvalue weighted by atomic mass is 9.91. The number of aromatic hydroxyl groups is 1. The van der Waals surface area contributed by atoms with Crippen molar-refractivity contribution in [2.75, 3.05) is 0 Å². The van der Waals surface area contributed by atoms with E-state index < -0.39 is 17.4 Å². The normalized spacial score (nSPS) is 10.5. The van der Waals surface area contributed by atoms with Gasteiger partial charge < -0.3 is 14.6 Å². The van der Waals surface area contributed by atoms with Crippen LogP contribution in [0.1, 0.15) is 37.6 Å². The molecule has 1 aromatic carbocycles. The van der Waals surface area contributed by atoms with Crippen molar-refractivity contribution >= 4 is 11.9 Å². The van der Waals surface area contributed by atoms with E-state index in [9.17, 15) is 14.7 Å². The van der Waals surface area contributed by atoms with E-state index in [1.165, 1.54) is 18.2 Å². The Kier molecular flexibility index (Phi) is 4.76. The lowest BCUT2D eigenvalue weighted by molar-refractivity contribution is -0.144. The number of carbonyl (C=O) groups is 2. The van der Waals surface area contributed by atoms with Crippen LogP contribution in [-0.2, 0) is 9.53 Å². The lowest BCUT2D eigenvalue weighted by Gasteiger charge is -2.20. The smallest absolute Gasteiger partial charge is 0.352 e. The number of terminal acetylenes is 1. The van der Waals surface area contributed by atoms with E-state index in [1.807, 2.05) is 6.92 Å². The van der Waals surface area contributed by atoms with Gasteiger partial charge in [-0.1, -0.05) is 13.3 Å². The Bertz CT molecular complexity index is 566. The van der Waals surface area contributed by atoms with Crippen LogP contribution in [0.3, 0.4) is 0 Å². The molecule has 0 heterocycles. The molecular formula is C15H16O5. The first-order chi connectivity index (χ1) is 9.30. The van der Waals surface area contributed by atoms with Gasteiger partial charge in [-0.05, 0) is 32.4 Å². The third-order valence-electron chi connectivity index (χ3n) is 2.93. The molecule has 0 radical (unpaired) electrons. The van der Waals surface area contributed by atoms with E-state index in [0.717, 1.165) is 0 Å². The minimum absolute atomic E-state index is 0.0000505. The maximum Gasteiger partial charge on any atom is 0.352 e. The van der Waals surface area contributed by atoms with E-state index in [1.54, 1.807) is 20.0 Å². The Morgan fingerprint density at radius 3 is 2.55 bits per heavy atom. The molecular weight excluding hydrogens is 260 g/mol. The Morgan fingerprint density at radius 1 is 1.35 bits per heavy atom. The highest BCUT2D eigenvalue weighted by Crippen LogP contribution is 2.27. The second-order valence-corrected chi connectivity index (χ2v) is 4.85. The summed E-state index contributed by atoms with van der Waals surface area (Å²) < 4.78 is 9.53. The molecule has 0 saturated carbocycles. The number of phenols is 1. The lowest BCUT2D eigenvalue weighted by Crippen LogP contribution is -2.28. The van der Waals surface area contributed by atoms with E-state index in [-0.39, 0.29) is 17.1 Å². The van der Waals surface area contributed by atoms with Gasteiger partial charge >= 0.3 is 11.9 Å². The molecule has 0 unspecified atom stereocenters. The number of hydrogen-bond acceptors (Lipinski definition) is 5. The largest absolute Gasteiger partial charge is 0.508 e. The summed E-state index contributed by atoms with van der Waals surface area (Å²) in [5.74, 6) is -1.44. The Labute approximate surface area is 117 Å². The van der Waals surface area contributed by atoms with Gasteiger partial charge in [0.25, 0.3) is 0 Å². The third kappa shape index (κ3) is 3.75. The maximum atomic E-state index is 11.9. The Morgan fingerprint density at radius 2 is 2.00 bits per heavy atom. The number of ether oxygens (including phenoxy) is 2. The van der Waals surface area contributed by atoms with Crippen LogP contribution in [0.5, 0.6) is 11.5 Å². The molecule has 0 aliphatic carbocycles. The minimum Gasteiger partial charge on any atom is -0.508 e. The molecule has 0 aliphatic rings. The second-order valence-electron chi connectivity index (χ2n) is 4.85. The van der Waals surface area contributed by atoms with Crippen molar-refractivity contribution in [2.24, 2.45) is 5.41 Å². The molecule has 5 heteroatoms. The first-order valence-corrected chi connectivity index (χ1v) is 6.03. The average molecular weight is 276 g/mol. The summed E-state index contributed by atoms with van der Waals surface area (Å²) in [6, 6.07) is 3.68. The minimum atomic E-state index is -0.810. The topological polar surface area (TPSA) is 72.8 Å². The molecule has 20 heavy (non-hydrogen) atoms. The molecule has 106 valence electrons. The van der Waals surface area contributed by atoms with Gasteiger partial charge in [0.15, 0.2) is 0 Å². The number of rotatable bonds is 4. The van der Waals surface area contributed by atoms with Crippen molar-refractivity contribution < 1.29 is 24.2 Å². The van der Waals surface area contributed by atoms with Gasteiger partial charge in [-0.25, -0.2) is 4.79 Å². The van der Waals surface area contributed by atoms with Gasteiger partial charge in [-0.15, -0.1) is 0 Å². The summed E-state index contributed by atoms with van der Waals surface area (Å²) in [6.07, 6.45) is 7.19. The van der Waals surface area contributed by atoms with Crippen molar-refractivity contribution in [1.29, 1.82) is 0 Å². The molecule has 5 nitrogen and oxygen atoms in total. The molecule has 1 rings (SSSR count). The number of benzene rings is 1. The highest BCUT2D eigenvalue weighted by molar-refractivity contribution is 5.91. The van der Waals surface area contributed by atoms with Crippen molar-refractivity contribution in [3.05, 3.63) is 23.8 Å². The Balaban J connectivity index is 3.01. The van der Waals surface area contributed by atoms with Crippen molar-refractivity contribution in [1.82, 2.24) is 0 Å². The fraction of sp³-hybridized carbons (Fsp3) is 0.333. The van der Waals surface area contributed by atoms with Gasteiger partial charge in [-0.2, -0.15) is 0 Å². The van der Waals surface area contributed by atoms with Gasteiger partial charge in [0.05, 0.1) is 11.0 Å². The zero-order valence-corrected chi connectivity index (χ0v) is 11.6. The van der Waals surface area contributed by atoms with Crippen LogP contribution in [0.2, 0.25) is 0 Å². The predicted octanol–water partition coefficient (Wildman–Crippen LogP) is 2.48. The van der Waals surface area contributed by atoms with Crippen molar-refractivity contribution in [2.45, 2.75) is 27.2 Å². The fourth-order valence-electron chi connectivity index (χ4n) is 1.26. The van der Waals surface area contributed by atoms with Crippen LogP contribution in [0.15, 0.2) is 18.2 Å². The van der Waals surface area contributed by atoms with E-state index in [0.29, 0.717) is 6.42 Å². The predicted molar refractivity (Wildman–Crippen MR) is 72.1 cm³/mol. The van der Waals surface area contributed by atoms with Gasteiger partial charge in [0.2, 0.25) is 0 Å². The second kappa shape index (κ2) is 6.11. The van der Waals surface area contributed by atoms with Crippen LogP contribution < -0.4 is 4.74 Å². The number of phenolic OH excluding ortho intramolecular Hbond substituents is 1. The van der Waals surface area contributed by atoms with Crippen LogP contribution in [0.25, 0.3) is 0 Å². The highest BCUT2D eigenvalue weighted by atomic mass is 16.5. The first kappa shape index (κ1) is 15.6. The molecule has 0 aromatic heterocycles. The summed E-state index contributed by atoms with van der Waals surface area (Å²) >= 11 is 0. The number of hydrogen-bond donors (Lipinski definition) is 1. The molecule has 0 spiro atoms. The third-order valence-corrected chi connectivity index (χ3v) is 2.93. The van der Waals surface area contributed by atoms with Gasteiger partial charge in [0.1, 0.15) is 17.6 Å². The zero-order chi connectivity index (χ0) is 15.3. The number of esters is 2. The standard InChI is InChI=1S/C15H16O5/c1-5-15(3,4)14(18)20-12-8-10(7-11(16)9-12)13(17)19-6-2/h2,7-9,16H,5H2,1,3-4H3. The van der Waals surface area contributed by atoms with Crippen LogP contribution >= 0.6 is 0 Å². The van der Waals surface area contributed by atoms with Gasteiger partial charge in [0, 0.05) is 6.07 Å². The van der Waals surface area contributed by atoms with Gasteiger partial charge in [-0.3, -0.25) is 4.79 Å². The summed E-state index contributed by atoms with van der Waals surface area (Å²) in [4.78, 5) is 23.4. The van der Waals surface area contributed by atoms with Crippen molar-refractivity contribution in [3.63, 3.8) is 0 Å². The summed E-state index contributed by atoms with van der Waals surface area (Å²) in [6.45, 7) is 5.34. The average Bonchev–Trinajstić information content (AvgIpc) is 2.38. The zero-order valence-electron chi connectivity index (χ0n) is 11.6. The monoisotopic (exact) mass is 276 g/mol. The Hall–Kier alpha value is -2.48. The van der Waals surface area contributed by atoms with E-state index in [2.05, 4.69) is 4.74 Å². The molecule has 0 amide bonds. The summed E-state index contributed by atoms with van der Waals surface area (Å²) in [7, 11) is 0. The maximum absolute atomic E-state index is 11.9.